The Kier molecular flexibility index (Phi) is 4.04. The number of halogens is 1. The largest absolute Gasteiger partial charge is 0.312 e. The number of rotatable bonds is 4. The first-order valence-corrected chi connectivity index (χ1v) is 7.90. The number of aryl methyl sites for hydroxylation is 1. The van der Waals surface area contributed by atoms with Crippen molar-refractivity contribution < 1.29 is 4.39 Å². The van der Waals surface area contributed by atoms with E-state index in [9.17, 15) is 4.39 Å². The molecule has 0 saturated carbocycles. The van der Waals surface area contributed by atoms with Gasteiger partial charge in [0.05, 0.1) is 0 Å². The van der Waals surface area contributed by atoms with E-state index in [1.165, 1.54) is 21.0 Å². The van der Waals surface area contributed by atoms with Crippen LogP contribution in [0, 0.1) is 12.7 Å². The number of benzene rings is 2. The van der Waals surface area contributed by atoms with E-state index in [2.05, 4.69) is 35.6 Å². The van der Waals surface area contributed by atoms with Crippen molar-refractivity contribution in [2.75, 3.05) is 7.05 Å². The van der Waals surface area contributed by atoms with E-state index < -0.39 is 0 Å². The van der Waals surface area contributed by atoms with Crippen molar-refractivity contribution in [3.63, 3.8) is 0 Å². The van der Waals surface area contributed by atoms with Gasteiger partial charge < -0.3 is 5.32 Å². The van der Waals surface area contributed by atoms with E-state index in [-0.39, 0.29) is 11.9 Å². The summed E-state index contributed by atoms with van der Waals surface area (Å²) in [7, 11) is 1.96. The van der Waals surface area contributed by atoms with Gasteiger partial charge in [0.1, 0.15) is 5.82 Å². The summed E-state index contributed by atoms with van der Waals surface area (Å²) in [6.07, 6.45) is 0.799. The second kappa shape index (κ2) is 5.96. The van der Waals surface area contributed by atoms with Gasteiger partial charge in [0.15, 0.2) is 0 Å². The summed E-state index contributed by atoms with van der Waals surface area (Å²) < 4.78 is 14.7. The van der Waals surface area contributed by atoms with Crippen molar-refractivity contribution in [1.82, 2.24) is 5.32 Å². The highest BCUT2D eigenvalue weighted by Gasteiger charge is 2.15. The van der Waals surface area contributed by atoms with E-state index in [1.807, 2.05) is 20.0 Å². The molecule has 1 aromatic heterocycles. The molecule has 0 saturated heterocycles. The molecule has 0 bridgehead atoms. The molecule has 0 aliphatic rings. The van der Waals surface area contributed by atoms with Crippen molar-refractivity contribution in [3.8, 4) is 0 Å². The van der Waals surface area contributed by atoms with Crippen LogP contribution in [-0.4, -0.2) is 7.05 Å². The number of hydrogen-bond acceptors (Lipinski definition) is 2. The minimum absolute atomic E-state index is 0.165. The van der Waals surface area contributed by atoms with Crippen molar-refractivity contribution >= 4 is 21.4 Å². The van der Waals surface area contributed by atoms with Gasteiger partial charge in [-0.15, -0.1) is 11.3 Å². The lowest BCUT2D eigenvalue weighted by atomic mass is 10.00. The molecule has 21 heavy (non-hydrogen) atoms. The van der Waals surface area contributed by atoms with Crippen LogP contribution in [0.5, 0.6) is 0 Å². The van der Waals surface area contributed by atoms with Gasteiger partial charge in [0.2, 0.25) is 0 Å². The normalized spacial score (nSPS) is 12.7. The fraction of sp³-hybridized carbons (Fsp3) is 0.222. The average Bonchev–Trinajstić information content (AvgIpc) is 2.91. The molecule has 3 aromatic rings. The van der Waals surface area contributed by atoms with E-state index >= 15 is 0 Å². The molecule has 1 N–H and O–H groups in total. The third-order valence-electron chi connectivity index (χ3n) is 3.87. The Morgan fingerprint density at radius 2 is 1.95 bits per heavy atom. The Labute approximate surface area is 128 Å². The molecule has 0 fully saturated rings. The standard InChI is InChI=1S/C18H18FNS/c1-12-7-8-15(19)9-14(12)10-16(20-2)18-11-13-5-3-4-6-17(13)21-18/h3-9,11,16,20H,10H2,1-2H3. The summed E-state index contributed by atoms with van der Waals surface area (Å²) in [5, 5.41) is 4.63. The van der Waals surface area contributed by atoms with Gasteiger partial charge in [-0.05, 0) is 61.2 Å². The van der Waals surface area contributed by atoms with Gasteiger partial charge in [-0.1, -0.05) is 24.3 Å². The molecule has 3 heteroatoms. The zero-order valence-electron chi connectivity index (χ0n) is 12.2. The highest BCUT2D eigenvalue weighted by Crippen LogP contribution is 2.31. The molecule has 0 aliphatic carbocycles. The molecule has 1 nitrogen and oxygen atoms in total. The first-order valence-electron chi connectivity index (χ1n) is 7.08. The Hall–Kier alpha value is -1.71. The summed E-state index contributed by atoms with van der Waals surface area (Å²) in [5.41, 5.74) is 2.20. The van der Waals surface area contributed by atoms with Crippen LogP contribution in [-0.2, 0) is 6.42 Å². The maximum Gasteiger partial charge on any atom is 0.123 e. The van der Waals surface area contributed by atoms with Gasteiger partial charge >= 0.3 is 0 Å². The van der Waals surface area contributed by atoms with Gasteiger partial charge in [0.25, 0.3) is 0 Å². The molecule has 3 rings (SSSR count). The minimum Gasteiger partial charge on any atom is -0.312 e. The summed E-state index contributed by atoms with van der Waals surface area (Å²) in [4.78, 5) is 1.29. The topological polar surface area (TPSA) is 12.0 Å². The van der Waals surface area contributed by atoms with Crippen molar-refractivity contribution in [3.05, 3.63) is 70.4 Å². The summed E-state index contributed by atoms with van der Waals surface area (Å²) in [6.45, 7) is 2.03. The van der Waals surface area contributed by atoms with Crippen LogP contribution < -0.4 is 5.32 Å². The van der Waals surface area contributed by atoms with Crippen LogP contribution in [0.3, 0.4) is 0 Å². The zero-order chi connectivity index (χ0) is 14.8. The van der Waals surface area contributed by atoms with Crippen LogP contribution in [0.2, 0.25) is 0 Å². The fourth-order valence-corrected chi connectivity index (χ4v) is 3.77. The van der Waals surface area contributed by atoms with Crippen LogP contribution in [0.15, 0.2) is 48.5 Å². The monoisotopic (exact) mass is 299 g/mol. The Morgan fingerprint density at radius 1 is 1.14 bits per heavy atom. The third-order valence-corrected chi connectivity index (χ3v) is 5.10. The molecule has 0 radical (unpaired) electrons. The quantitative estimate of drug-likeness (QED) is 0.726. The molecule has 1 heterocycles. The Balaban J connectivity index is 1.92. The van der Waals surface area contributed by atoms with E-state index in [0.717, 1.165) is 17.5 Å². The van der Waals surface area contributed by atoms with Crippen LogP contribution in [0.1, 0.15) is 22.0 Å². The molecule has 2 aromatic carbocycles. The van der Waals surface area contributed by atoms with Gasteiger partial charge in [-0.2, -0.15) is 0 Å². The smallest absolute Gasteiger partial charge is 0.123 e. The van der Waals surface area contributed by atoms with Crippen molar-refractivity contribution in [2.24, 2.45) is 0 Å². The second-order valence-corrected chi connectivity index (χ2v) is 6.42. The second-order valence-electron chi connectivity index (χ2n) is 5.30. The maximum absolute atomic E-state index is 13.5. The van der Waals surface area contributed by atoms with Crippen LogP contribution in [0.4, 0.5) is 4.39 Å². The highest BCUT2D eigenvalue weighted by atomic mass is 32.1. The molecule has 0 amide bonds. The van der Waals surface area contributed by atoms with Gasteiger partial charge in [-0.3, -0.25) is 0 Å². The molecule has 108 valence electrons. The Bertz CT molecular complexity index is 730. The first-order chi connectivity index (χ1) is 10.2. The molecular formula is C18H18FNS. The molecule has 1 atom stereocenters. The van der Waals surface area contributed by atoms with Crippen molar-refractivity contribution in [2.45, 2.75) is 19.4 Å². The van der Waals surface area contributed by atoms with E-state index in [0.29, 0.717) is 0 Å². The predicted octanol–water partition coefficient (Wildman–Crippen LogP) is 4.85. The lowest BCUT2D eigenvalue weighted by molar-refractivity contribution is 0.590. The number of nitrogens with one attached hydrogen (secondary N) is 1. The summed E-state index contributed by atoms with van der Waals surface area (Å²) in [6, 6.07) is 15.9. The first kappa shape index (κ1) is 14.2. The molecule has 0 spiro atoms. The molecule has 1 unspecified atom stereocenters. The van der Waals surface area contributed by atoms with Crippen LogP contribution in [0.25, 0.3) is 10.1 Å². The zero-order valence-corrected chi connectivity index (χ0v) is 13.0. The van der Waals surface area contributed by atoms with Gasteiger partial charge in [-0.25, -0.2) is 4.39 Å². The SMILES string of the molecule is CNC(Cc1cc(F)ccc1C)c1cc2ccccc2s1. The van der Waals surface area contributed by atoms with E-state index in [4.69, 9.17) is 0 Å². The predicted molar refractivity (Wildman–Crippen MR) is 88.5 cm³/mol. The van der Waals surface area contributed by atoms with Crippen LogP contribution >= 0.6 is 11.3 Å². The number of fused-ring (bicyclic) bond motifs is 1. The minimum atomic E-state index is -0.165. The summed E-state index contributed by atoms with van der Waals surface area (Å²) in [5.74, 6) is -0.165. The Morgan fingerprint density at radius 3 is 2.71 bits per heavy atom. The number of likely N-dealkylation sites (N-methyl/N-ethyl adjacent to an activating group) is 1. The van der Waals surface area contributed by atoms with Gasteiger partial charge in [0, 0.05) is 15.6 Å². The molecule has 0 aliphatic heterocycles. The van der Waals surface area contributed by atoms with Crippen molar-refractivity contribution in [1.29, 1.82) is 0 Å². The third kappa shape index (κ3) is 2.99. The lowest BCUT2D eigenvalue weighted by Gasteiger charge is -2.16. The maximum atomic E-state index is 13.5. The summed E-state index contributed by atoms with van der Waals surface area (Å²) >= 11 is 1.80. The molecular weight excluding hydrogens is 281 g/mol. The lowest BCUT2D eigenvalue weighted by Crippen LogP contribution is -2.18. The number of hydrogen-bond donors (Lipinski definition) is 1. The van der Waals surface area contributed by atoms with E-state index in [1.54, 1.807) is 17.4 Å². The highest BCUT2D eigenvalue weighted by molar-refractivity contribution is 7.19. The number of thiophene rings is 1. The fourth-order valence-electron chi connectivity index (χ4n) is 2.60. The average molecular weight is 299 g/mol.